The van der Waals surface area contributed by atoms with E-state index in [9.17, 15) is 4.89 Å². The molecule has 0 saturated carbocycles. The van der Waals surface area contributed by atoms with Gasteiger partial charge in [-0.15, -0.1) is 0 Å². The molecule has 0 aromatic rings. The van der Waals surface area contributed by atoms with E-state index in [4.69, 9.17) is 16.3 Å². The second kappa shape index (κ2) is 18.4. The predicted octanol–water partition coefficient (Wildman–Crippen LogP) is 7.59. The van der Waals surface area contributed by atoms with E-state index < -0.39 is 6.49 Å². The normalized spacial score (nSPS) is 14.0. The van der Waals surface area contributed by atoms with Crippen molar-refractivity contribution in [2.45, 2.75) is 117 Å². The second-order valence-electron chi connectivity index (χ2n) is 7.14. The van der Waals surface area contributed by atoms with E-state index in [1.54, 1.807) is 0 Å². The third kappa shape index (κ3) is 18.9. The molecule has 4 heteroatoms. The number of rotatable bonds is 19. The Hall–Kier alpha value is 0.570. The van der Waals surface area contributed by atoms with Crippen LogP contribution in [0.25, 0.3) is 0 Å². The Balaban J connectivity index is 3.34. The van der Waals surface area contributed by atoms with Gasteiger partial charge in [-0.05, 0) is 24.6 Å². The van der Waals surface area contributed by atoms with Crippen LogP contribution in [-0.4, -0.2) is 17.7 Å². The lowest BCUT2D eigenvalue weighted by molar-refractivity contribution is 0.295. The predicted molar refractivity (Wildman–Crippen MR) is 113 cm³/mol. The standard InChI is InChI=1S/C20H43O2PS/c1-3-5-7-9-11-13-15-17-19-22-23(21,24)20-18-16-14-12-10-8-6-4-2/h3-20H2,1-2H3,(H,21,24). The molecule has 0 radical (unpaired) electrons. The highest BCUT2D eigenvalue weighted by molar-refractivity contribution is 8.09. The summed E-state index contributed by atoms with van der Waals surface area (Å²) in [6, 6.07) is 0. The Morgan fingerprint density at radius 1 is 0.625 bits per heavy atom. The summed E-state index contributed by atoms with van der Waals surface area (Å²) in [6.07, 6.45) is 21.2. The quantitative estimate of drug-likeness (QED) is 0.185. The smallest absolute Gasteiger partial charge is 0.186 e. The van der Waals surface area contributed by atoms with E-state index in [1.165, 1.54) is 89.9 Å². The van der Waals surface area contributed by atoms with E-state index in [-0.39, 0.29) is 0 Å². The molecule has 0 aromatic carbocycles. The van der Waals surface area contributed by atoms with Gasteiger partial charge in [0.15, 0.2) is 6.49 Å². The van der Waals surface area contributed by atoms with Gasteiger partial charge in [-0.25, -0.2) is 0 Å². The van der Waals surface area contributed by atoms with Gasteiger partial charge in [-0.3, -0.25) is 0 Å². The molecule has 1 unspecified atom stereocenters. The second-order valence-corrected chi connectivity index (χ2v) is 10.8. The van der Waals surface area contributed by atoms with Gasteiger partial charge >= 0.3 is 0 Å². The summed E-state index contributed by atoms with van der Waals surface area (Å²) in [7, 11) is 0. The average Bonchev–Trinajstić information content (AvgIpc) is 2.55. The molecule has 0 aliphatic rings. The summed E-state index contributed by atoms with van der Waals surface area (Å²) in [5.74, 6) is 0. The molecule has 146 valence electrons. The van der Waals surface area contributed by atoms with Gasteiger partial charge in [0.2, 0.25) is 0 Å². The van der Waals surface area contributed by atoms with Crippen LogP contribution in [0.1, 0.15) is 117 Å². The zero-order valence-electron chi connectivity index (χ0n) is 16.4. The van der Waals surface area contributed by atoms with Crippen LogP contribution in [0.5, 0.6) is 0 Å². The Morgan fingerprint density at radius 2 is 1.00 bits per heavy atom. The summed E-state index contributed by atoms with van der Waals surface area (Å²) >= 11 is 5.27. The number of unbranched alkanes of at least 4 members (excludes halogenated alkanes) is 14. The number of hydrogen-bond donors (Lipinski definition) is 1. The lowest BCUT2D eigenvalue weighted by Crippen LogP contribution is -1.97. The van der Waals surface area contributed by atoms with Gasteiger partial charge in [0.1, 0.15) is 0 Å². The molecule has 24 heavy (non-hydrogen) atoms. The van der Waals surface area contributed by atoms with Gasteiger partial charge < -0.3 is 9.42 Å². The van der Waals surface area contributed by atoms with Gasteiger partial charge in [0.25, 0.3) is 0 Å². The van der Waals surface area contributed by atoms with Crippen LogP contribution in [0.4, 0.5) is 0 Å². The van der Waals surface area contributed by atoms with Gasteiger partial charge in [0.05, 0.1) is 6.61 Å². The maximum Gasteiger partial charge on any atom is 0.186 e. The first-order valence-corrected chi connectivity index (χ1v) is 13.4. The van der Waals surface area contributed by atoms with E-state index in [0.717, 1.165) is 12.8 Å². The van der Waals surface area contributed by atoms with Crippen molar-refractivity contribution in [3.05, 3.63) is 0 Å². The molecule has 0 aliphatic carbocycles. The van der Waals surface area contributed by atoms with Gasteiger partial charge in [-0.2, -0.15) is 0 Å². The van der Waals surface area contributed by atoms with Crippen LogP contribution in [0.3, 0.4) is 0 Å². The molecule has 0 spiro atoms. The largest absolute Gasteiger partial charge is 0.345 e. The minimum absolute atomic E-state index is 0.653. The van der Waals surface area contributed by atoms with Crippen molar-refractivity contribution < 1.29 is 9.42 Å². The van der Waals surface area contributed by atoms with Crippen molar-refractivity contribution in [3.8, 4) is 0 Å². The average molecular weight is 379 g/mol. The van der Waals surface area contributed by atoms with Crippen LogP contribution < -0.4 is 0 Å². The molecule has 0 fully saturated rings. The summed E-state index contributed by atoms with van der Waals surface area (Å²) < 4.78 is 5.62. The fourth-order valence-electron chi connectivity index (χ4n) is 2.95. The van der Waals surface area contributed by atoms with E-state index in [0.29, 0.717) is 12.8 Å². The highest BCUT2D eigenvalue weighted by Crippen LogP contribution is 2.43. The van der Waals surface area contributed by atoms with Crippen molar-refractivity contribution in [1.82, 2.24) is 0 Å². The minimum Gasteiger partial charge on any atom is -0.345 e. The zero-order chi connectivity index (χ0) is 17.9. The third-order valence-electron chi connectivity index (χ3n) is 4.59. The minimum atomic E-state index is -2.50. The van der Waals surface area contributed by atoms with Gasteiger partial charge in [0, 0.05) is 6.16 Å². The Morgan fingerprint density at radius 3 is 1.46 bits per heavy atom. The molecule has 0 rings (SSSR count). The fraction of sp³-hybridized carbons (Fsp3) is 1.00. The summed E-state index contributed by atoms with van der Waals surface area (Å²) in [6.45, 7) is 2.66. The Bertz CT molecular complexity index is 297. The lowest BCUT2D eigenvalue weighted by atomic mass is 10.1. The molecular formula is C20H43O2PS. The summed E-state index contributed by atoms with van der Waals surface area (Å²) in [4.78, 5) is 10.2. The molecule has 2 nitrogen and oxygen atoms in total. The number of hydrogen-bond acceptors (Lipinski definition) is 2. The van der Waals surface area contributed by atoms with E-state index >= 15 is 0 Å². The fourth-order valence-corrected chi connectivity index (χ4v) is 4.73. The van der Waals surface area contributed by atoms with E-state index in [2.05, 4.69) is 13.8 Å². The molecular weight excluding hydrogens is 335 g/mol. The van der Waals surface area contributed by atoms with Gasteiger partial charge in [-0.1, -0.05) is 104 Å². The first-order valence-electron chi connectivity index (χ1n) is 10.6. The maximum atomic E-state index is 10.2. The maximum absolute atomic E-state index is 10.2. The van der Waals surface area contributed by atoms with Crippen molar-refractivity contribution in [1.29, 1.82) is 0 Å². The Labute approximate surface area is 157 Å². The molecule has 0 amide bonds. The highest BCUT2D eigenvalue weighted by Gasteiger charge is 2.12. The summed E-state index contributed by atoms with van der Waals surface area (Å²) in [5.41, 5.74) is 0. The monoisotopic (exact) mass is 378 g/mol. The summed E-state index contributed by atoms with van der Waals surface area (Å²) in [5, 5.41) is 0. The lowest BCUT2D eigenvalue weighted by Gasteiger charge is -2.15. The molecule has 0 bridgehead atoms. The van der Waals surface area contributed by atoms with Crippen LogP contribution in [0.15, 0.2) is 0 Å². The molecule has 0 aliphatic heterocycles. The first-order chi connectivity index (χ1) is 11.6. The SMILES string of the molecule is CCCCCCCCCCOP(O)(=S)CCCCCCCCCC. The van der Waals surface area contributed by atoms with Crippen LogP contribution >= 0.6 is 6.49 Å². The van der Waals surface area contributed by atoms with E-state index in [1.807, 2.05) is 0 Å². The highest BCUT2D eigenvalue weighted by atomic mass is 32.5. The Kier molecular flexibility index (Phi) is 18.8. The molecule has 1 N–H and O–H groups in total. The third-order valence-corrected chi connectivity index (χ3v) is 6.92. The molecule has 0 heterocycles. The first kappa shape index (κ1) is 24.6. The zero-order valence-corrected chi connectivity index (χ0v) is 18.1. The van der Waals surface area contributed by atoms with Crippen molar-refractivity contribution in [3.63, 3.8) is 0 Å². The molecule has 1 atom stereocenters. The van der Waals surface area contributed by atoms with Crippen molar-refractivity contribution in [2.24, 2.45) is 0 Å². The van der Waals surface area contributed by atoms with Crippen LogP contribution in [-0.2, 0) is 16.3 Å². The van der Waals surface area contributed by atoms with Crippen LogP contribution in [0.2, 0.25) is 0 Å². The molecule has 0 aromatic heterocycles. The van der Waals surface area contributed by atoms with Crippen LogP contribution in [0, 0.1) is 0 Å². The topological polar surface area (TPSA) is 29.5 Å². The molecule has 0 saturated heterocycles. The van der Waals surface area contributed by atoms with Crippen molar-refractivity contribution >= 4 is 18.3 Å². The van der Waals surface area contributed by atoms with Crippen molar-refractivity contribution in [2.75, 3.05) is 12.8 Å².